The van der Waals surface area contributed by atoms with Crippen molar-refractivity contribution in [2.75, 3.05) is 13.1 Å². The molecule has 1 heterocycles. The van der Waals surface area contributed by atoms with E-state index in [-0.39, 0.29) is 18.4 Å². The number of carbonyl (C=O) groups is 1. The molecule has 0 unspecified atom stereocenters. The minimum absolute atomic E-state index is 0.00488. The van der Waals surface area contributed by atoms with Crippen LogP contribution in [-0.2, 0) is 11.2 Å². The molecule has 2 N–H and O–H groups in total. The molecule has 0 radical (unpaired) electrons. The van der Waals surface area contributed by atoms with Crippen molar-refractivity contribution in [1.29, 1.82) is 0 Å². The number of likely N-dealkylation sites (tertiary alicyclic amines) is 1. The zero-order valence-corrected chi connectivity index (χ0v) is 11.9. The van der Waals surface area contributed by atoms with Gasteiger partial charge in [-0.1, -0.05) is 11.6 Å². The second kappa shape index (κ2) is 5.34. The van der Waals surface area contributed by atoms with Gasteiger partial charge in [-0.05, 0) is 48.4 Å². The first kappa shape index (κ1) is 13.8. The Bertz CT molecular complexity index is 512. The highest BCUT2D eigenvalue weighted by Crippen LogP contribution is 2.40. The Morgan fingerprint density at radius 1 is 1.35 bits per heavy atom. The van der Waals surface area contributed by atoms with E-state index in [1.165, 1.54) is 25.0 Å². The first-order chi connectivity index (χ1) is 9.52. The Balaban J connectivity index is 1.64. The maximum absolute atomic E-state index is 13.3. The average molecular weight is 297 g/mol. The van der Waals surface area contributed by atoms with Crippen molar-refractivity contribution < 1.29 is 9.18 Å². The van der Waals surface area contributed by atoms with Gasteiger partial charge in [-0.2, -0.15) is 0 Å². The monoisotopic (exact) mass is 296 g/mol. The molecular formula is C15H18ClFN2O. The average Bonchev–Trinajstić information content (AvgIpc) is 3.11. The van der Waals surface area contributed by atoms with E-state index < -0.39 is 5.82 Å². The van der Waals surface area contributed by atoms with E-state index in [1.54, 1.807) is 6.07 Å². The van der Waals surface area contributed by atoms with Gasteiger partial charge >= 0.3 is 0 Å². The molecule has 20 heavy (non-hydrogen) atoms. The summed E-state index contributed by atoms with van der Waals surface area (Å²) in [5.41, 5.74) is 6.73. The van der Waals surface area contributed by atoms with Crippen LogP contribution in [0.15, 0.2) is 18.2 Å². The molecule has 1 amide bonds. The Hall–Kier alpha value is -1.13. The Kier molecular flexibility index (Phi) is 3.69. The number of nitrogens with zero attached hydrogens (tertiary/aromatic N) is 1. The maximum atomic E-state index is 13.3. The van der Waals surface area contributed by atoms with Crippen LogP contribution in [0.1, 0.15) is 18.4 Å². The van der Waals surface area contributed by atoms with Gasteiger partial charge in [-0.15, -0.1) is 0 Å². The molecule has 1 aliphatic carbocycles. The van der Waals surface area contributed by atoms with E-state index >= 15 is 0 Å². The summed E-state index contributed by atoms with van der Waals surface area (Å²) in [6.07, 6.45) is 2.65. The van der Waals surface area contributed by atoms with Crippen LogP contribution in [0.2, 0.25) is 5.02 Å². The Morgan fingerprint density at radius 3 is 2.75 bits per heavy atom. The van der Waals surface area contributed by atoms with Crippen LogP contribution in [0, 0.1) is 17.7 Å². The second-order valence-electron chi connectivity index (χ2n) is 5.92. The number of hydrogen-bond donors (Lipinski definition) is 1. The van der Waals surface area contributed by atoms with E-state index in [9.17, 15) is 9.18 Å². The largest absolute Gasteiger partial charge is 0.340 e. The van der Waals surface area contributed by atoms with Gasteiger partial charge in [0.05, 0.1) is 6.42 Å². The first-order valence-electron chi connectivity index (χ1n) is 7.01. The lowest BCUT2D eigenvalue weighted by Crippen LogP contribution is -2.33. The van der Waals surface area contributed by atoms with Crippen LogP contribution >= 0.6 is 11.6 Å². The number of rotatable bonds is 3. The third kappa shape index (κ3) is 2.96. The van der Waals surface area contributed by atoms with E-state index in [0.29, 0.717) is 29.0 Å². The van der Waals surface area contributed by atoms with Crippen molar-refractivity contribution in [2.24, 2.45) is 17.6 Å². The summed E-state index contributed by atoms with van der Waals surface area (Å²) in [4.78, 5) is 14.1. The highest BCUT2D eigenvalue weighted by Gasteiger charge is 2.41. The lowest BCUT2D eigenvalue weighted by atomic mass is 9.99. The lowest BCUT2D eigenvalue weighted by Gasteiger charge is -2.16. The second-order valence-corrected chi connectivity index (χ2v) is 6.35. The third-order valence-corrected chi connectivity index (χ3v) is 4.49. The molecule has 1 saturated heterocycles. The minimum Gasteiger partial charge on any atom is -0.340 e. The molecule has 1 aromatic carbocycles. The molecule has 3 rings (SSSR count). The summed E-state index contributed by atoms with van der Waals surface area (Å²) in [7, 11) is 0. The van der Waals surface area contributed by atoms with E-state index in [2.05, 4.69) is 0 Å². The summed E-state index contributed by atoms with van der Waals surface area (Å²) < 4.78 is 13.3. The number of amides is 1. The molecule has 0 aromatic heterocycles. The summed E-state index contributed by atoms with van der Waals surface area (Å²) in [5, 5.41) is 0.321. The molecule has 0 spiro atoms. The van der Waals surface area contributed by atoms with Crippen LogP contribution in [0.5, 0.6) is 0 Å². The van der Waals surface area contributed by atoms with Gasteiger partial charge in [0.2, 0.25) is 5.91 Å². The number of halogens is 2. The molecule has 1 saturated carbocycles. The molecule has 1 aliphatic heterocycles. The first-order valence-corrected chi connectivity index (χ1v) is 7.39. The summed E-state index contributed by atoms with van der Waals surface area (Å²) in [5.74, 6) is 0.737. The van der Waals surface area contributed by atoms with Crippen molar-refractivity contribution >= 4 is 17.5 Å². The molecule has 2 aliphatic rings. The standard InChI is InChI=1S/C15H18ClFN2O/c16-11-3-9(4-12(17)6-11)5-15(20)19-7-13(10-1-2-10)14(18)8-19/h3-4,6,10,13-14H,1-2,5,7-8,18H2/t13-,14+/m0/s1. The van der Waals surface area contributed by atoms with Gasteiger partial charge in [-0.25, -0.2) is 4.39 Å². The number of hydrogen-bond acceptors (Lipinski definition) is 2. The van der Waals surface area contributed by atoms with E-state index in [0.717, 1.165) is 6.54 Å². The zero-order valence-electron chi connectivity index (χ0n) is 11.2. The van der Waals surface area contributed by atoms with Crippen LogP contribution in [0.4, 0.5) is 4.39 Å². The van der Waals surface area contributed by atoms with Crippen LogP contribution in [0.25, 0.3) is 0 Å². The van der Waals surface area contributed by atoms with Gasteiger partial charge in [-0.3, -0.25) is 4.79 Å². The maximum Gasteiger partial charge on any atom is 0.227 e. The molecule has 2 atom stereocenters. The predicted molar refractivity (Wildman–Crippen MR) is 75.9 cm³/mol. The van der Waals surface area contributed by atoms with Crippen LogP contribution in [0.3, 0.4) is 0 Å². The molecule has 2 fully saturated rings. The quantitative estimate of drug-likeness (QED) is 0.929. The van der Waals surface area contributed by atoms with Crippen molar-refractivity contribution in [3.63, 3.8) is 0 Å². The summed E-state index contributed by atoms with van der Waals surface area (Å²) in [6, 6.07) is 4.32. The van der Waals surface area contributed by atoms with E-state index in [4.69, 9.17) is 17.3 Å². The normalized spacial score (nSPS) is 26.1. The molecule has 5 heteroatoms. The minimum atomic E-state index is -0.408. The highest BCUT2D eigenvalue weighted by atomic mass is 35.5. The lowest BCUT2D eigenvalue weighted by molar-refractivity contribution is -0.129. The SMILES string of the molecule is N[C@@H]1CN(C(=O)Cc2cc(F)cc(Cl)c2)C[C@H]1C1CC1. The molecular weight excluding hydrogens is 279 g/mol. The number of nitrogens with two attached hydrogens (primary N) is 1. The van der Waals surface area contributed by atoms with Crippen molar-refractivity contribution in [3.8, 4) is 0 Å². The molecule has 3 nitrogen and oxygen atoms in total. The van der Waals surface area contributed by atoms with Gasteiger partial charge in [0, 0.05) is 24.2 Å². The predicted octanol–water partition coefficient (Wildman–Crippen LogP) is 2.22. The topological polar surface area (TPSA) is 46.3 Å². The fourth-order valence-corrected chi connectivity index (χ4v) is 3.32. The number of carbonyl (C=O) groups excluding carboxylic acids is 1. The van der Waals surface area contributed by atoms with Crippen molar-refractivity contribution in [3.05, 3.63) is 34.6 Å². The zero-order chi connectivity index (χ0) is 14.3. The summed E-state index contributed by atoms with van der Waals surface area (Å²) in [6.45, 7) is 1.36. The Labute approximate surface area is 122 Å². The van der Waals surface area contributed by atoms with Crippen molar-refractivity contribution in [2.45, 2.75) is 25.3 Å². The van der Waals surface area contributed by atoms with Gasteiger partial charge in [0.15, 0.2) is 0 Å². The molecule has 108 valence electrons. The molecule has 1 aromatic rings. The highest BCUT2D eigenvalue weighted by molar-refractivity contribution is 6.30. The van der Waals surface area contributed by atoms with Crippen LogP contribution in [-0.4, -0.2) is 29.9 Å². The number of benzene rings is 1. The van der Waals surface area contributed by atoms with Crippen molar-refractivity contribution in [1.82, 2.24) is 4.90 Å². The fourth-order valence-electron chi connectivity index (χ4n) is 3.08. The van der Waals surface area contributed by atoms with Crippen LogP contribution < -0.4 is 5.73 Å². The smallest absolute Gasteiger partial charge is 0.227 e. The van der Waals surface area contributed by atoms with Gasteiger partial charge in [0.1, 0.15) is 5.82 Å². The Morgan fingerprint density at radius 2 is 2.10 bits per heavy atom. The fraction of sp³-hybridized carbons (Fsp3) is 0.533. The van der Waals surface area contributed by atoms with Gasteiger partial charge in [0.25, 0.3) is 0 Å². The van der Waals surface area contributed by atoms with Gasteiger partial charge < -0.3 is 10.6 Å². The summed E-state index contributed by atoms with van der Waals surface area (Å²) >= 11 is 5.80. The molecule has 0 bridgehead atoms. The third-order valence-electron chi connectivity index (χ3n) is 4.27. The van der Waals surface area contributed by atoms with E-state index in [1.807, 2.05) is 4.90 Å².